The third-order valence-electron chi connectivity index (χ3n) is 9.02. The fourth-order valence-corrected chi connectivity index (χ4v) is 5.87. The van der Waals surface area contributed by atoms with Crippen LogP contribution < -0.4 is 44.4 Å². The van der Waals surface area contributed by atoms with E-state index < -0.39 is 41.7 Å². The minimum atomic E-state index is -1.18. The maximum Gasteiger partial charge on any atom is 0.341 e. The van der Waals surface area contributed by atoms with Crippen molar-refractivity contribution in [3.05, 3.63) is 58.1 Å². The molecule has 3 aromatic rings. The van der Waals surface area contributed by atoms with E-state index in [0.717, 1.165) is 7.11 Å². The van der Waals surface area contributed by atoms with E-state index >= 15 is 0 Å². The molecule has 0 aliphatic heterocycles. The molecule has 0 aliphatic carbocycles. The number of esters is 3. The zero-order valence-electron chi connectivity index (χ0n) is 39.7. The van der Waals surface area contributed by atoms with Crippen LogP contribution in [0.2, 0.25) is 0 Å². The van der Waals surface area contributed by atoms with E-state index in [0.29, 0.717) is 0 Å². The molecule has 3 aromatic carbocycles. The highest BCUT2D eigenvalue weighted by molar-refractivity contribution is 6.14. The Labute approximate surface area is 380 Å². The number of ether oxygens (including phenoxy) is 9. The number of rotatable bonds is 23. The van der Waals surface area contributed by atoms with E-state index in [4.69, 9.17) is 42.6 Å². The van der Waals surface area contributed by atoms with Crippen molar-refractivity contribution in [1.82, 2.24) is 5.32 Å². The maximum atomic E-state index is 14.5. The Hall–Kier alpha value is -6.72. The summed E-state index contributed by atoms with van der Waals surface area (Å²) >= 11 is 0. The summed E-state index contributed by atoms with van der Waals surface area (Å²) in [6.45, 7) is 17.6. The molecule has 65 heavy (non-hydrogen) atoms. The van der Waals surface area contributed by atoms with Crippen LogP contribution in [-0.4, -0.2) is 104 Å². The summed E-state index contributed by atoms with van der Waals surface area (Å²) in [6, 6.07) is 5.49. The van der Waals surface area contributed by atoms with Gasteiger partial charge in [0.1, 0.15) is 45.7 Å². The number of amides is 3. The number of hydrogen-bond acceptors (Lipinski definition) is 15. The molecule has 3 N–H and O–H groups in total. The third-order valence-corrected chi connectivity index (χ3v) is 9.02. The van der Waals surface area contributed by atoms with Crippen molar-refractivity contribution in [3.8, 4) is 34.5 Å². The van der Waals surface area contributed by atoms with E-state index in [1.54, 1.807) is 0 Å². The van der Waals surface area contributed by atoms with E-state index in [9.17, 15) is 28.8 Å². The fraction of sp³-hybridized carbons (Fsp3) is 0.489. The van der Waals surface area contributed by atoms with Crippen molar-refractivity contribution in [2.45, 2.75) is 68.4 Å². The standard InChI is InChI=1S/C47H63N3O15/c1-24(2)20-62-35-18-37(64-22-26(5)6)31(46(55)60-13)15-29(35)42(51)49-33-17-34(41(58-11)39(40(33)57-10)44(53)48-28(9)45(54)59-12)50-43(52)30-16-32(47(56)61-14)38(65-23-27(7)8)19-36(30)63-21-25(3)4/h15-19,24-28H,20-23H2,1-14H3,(H,48,53)(H,49,51)(H,50,52)/t28-/m0/s1. The first-order valence-electron chi connectivity index (χ1n) is 21.1. The highest BCUT2D eigenvalue weighted by Crippen LogP contribution is 2.44. The van der Waals surface area contributed by atoms with Crippen LogP contribution in [0.15, 0.2) is 30.3 Å². The molecule has 0 bridgehead atoms. The molecule has 0 unspecified atom stereocenters. The number of carbonyl (C=O) groups excluding carboxylic acids is 6. The molecule has 0 saturated heterocycles. The highest BCUT2D eigenvalue weighted by atomic mass is 16.5. The molecule has 356 valence electrons. The Bertz CT molecular complexity index is 2070. The Balaban J connectivity index is 2.37. The molecular weight excluding hydrogens is 847 g/mol. The largest absolute Gasteiger partial charge is 0.494 e. The molecule has 0 aromatic heterocycles. The molecule has 1 atom stereocenters. The van der Waals surface area contributed by atoms with Gasteiger partial charge in [-0.3, -0.25) is 14.4 Å². The van der Waals surface area contributed by atoms with Gasteiger partial charge in [-0.25, -0.2) is 14.4 Å². The normalized spacial score (nSPS) is 11.4. The highest BCUT2D eigenvalue weighted by Gasteiger charge is 2.32. The first-order valence-corrected chi connectivity index (χ1v) is 21.1. The van der Waals surface area contributed by atoms with Crippen LogP contribution in [0.4, 0.5) is 11.4 Å². The van der Waals surface area contributed by atoms with Crippen molar-refractivity contribution in [1.29, 1.82) is 0 Å². The average Bonchev–Trinajstić information content (AvgIpc) is 3.26. The van der Waals surface area contributed by atoms with E-state index in [-0.39, 0.29) is 124 Å². The van der Waals surface area contributed by atoms with Crippen LogP contribution in [0.25, 0.3) is 0 Å². The van der Waals surface area contributed by atoms with E-state index in [1.807, 2.05) is 55.4 Å². The van der Waals surface area contributed by atoms with Crippen molar-refractivity contribution < 1.29 is 71.4 Å². The van der Waals surface area contributed by atoms with Gasteiger partial charge in [0.25, 0.3) is 17.7 Å². The summed E-state index contributed by atoms with van der Waals surface area (Å²) in [5.74, 6) is -4.89. The van der Waals surface area contributed by atoms with Crippen LogP contribution in [-0.2, 0) is 19.0 Å². The smallest absolute Gasteiger partial charge is 0.341 e. The number of anilines is 2. The number of hydrogen-bond donors (Lipinski definition) is 3. The molecule has 0 radical (unpaired) electrons. The van der Waals surface area contributed by atoms with E-state index in [1.165, 1.54) is 65.7 Å². The van der Waals surface area contributed by atoms with Gasteiger partial charge in [-0.15, -0.1) is 0 Å². The zero-order chi connectivity index (χ0) is 48.7. The molecule has 0 heterocycles. The van der Waals surface area contributed by atoms with Gasteiger partial charge in [0, 0.05) is 12.1 Å². The van der Waals surface area contributed by atoms with Gasteiger partial charge in [-0.05, 0) is 48.8 Å². The molecule has 0 aliphatic rings. The van der Waals surface area contributed by atoms with Crippen LogP contribution in [0.1, 0.15) is 114 Å². The summed E-state index contributed by atoms with van der Waals surface area (Å²) in [5, 5.41) is 8.00. The minimum absolute atomic E-state index is 0.0243. The molecule has 18 heteroatoms. The first kappa shape index (κ1) is 52.6. The van der Waals surface area contributed by atoms with Gasteiger partial charge >= 0.3 is 17.9 Å². The van der Waals surface area contributed by atoms with Gasteiger partial charge in [-0.1, -0.05) is 55.4 Å². The molecule has 0 saturated carbocycles. The molecule has 0 fully saturated rings. The predicted molar refractivity (Wildman–Crippen MR) is 241 cm³/mol. The summed E-state index contributed by atoms with van der Waals surface area (Å²) in [4.78, 5) is 81.8. The van der Waals surface area contributed by atoms with Crippen LogP contribution in [0.3, 0.4) is 0 Å². The van der Waals surface area contributed by atoms with Gasteiger partial charge < -0.3 is 58.6 Å². The SMILES string of the molecule is COC(=O)c1cc(C(=O)Nc2cc(NC(=O)c3cc(C(=O)OC)c(OCC(C)C)cc3OCC(C)C)c(OC)c(C(=O)N[C@@H](C)C(=O)OC)c2OC)c(OCC(C)C)cc1OCC(C)C. The van der Waals surface area contributed by atoms with E-state index in [2.05, 4.69) is 16.0 Å². The molecule has 18 nitrogen and oxygen atoms in total. The second-order valence-corrected chi connectivity index (χ2v) is 16.5. The Morgan fingerprint density at radius 2 is 0.785 bits per heavy atom. The minimum Gasteiger partial charge on any atom is -0.494 e. The number of benzene rings is 3. The Morgan fingerprint density at radius 3 is 1.08 bits per heavy atom. The molecule has 0 spiro atoms. The van der Waals surface area contributed by atoms with Gasteiger partial charge in [-0.2, -0.15) is 0 Å². The topological polar surface area (TPSA) is 222 Å². The van der Waals surface area contributed by atoms with Crippen LogP contribution in [0.5, 0.6) is 34.5 Å². The Morgan fingerprint density at radius 1 is 0.446 bits per heavy atom. The summed E-state index contributed by atoms with van der Waals surface area (Å²) in [7, 11) is 5.98. The number of carbonyl (C=O) groups is 6. The van der Waals surface area contributed by atoms with Crippen molar-refractivity contribution in [2.75, 3.05) is 72.6 Å². The number of methoxy groups -OCH3 is 5. The lowest BCUT2D eigenvalue weighted by molar-refractivity contribution is -0.142. The summed E-state index contributed by atoms with van der Waals surface area (Å²) < 4.78 is 50.4. The summed E-state index contributed by atoms with van der Waals surface area (Å²) in [6.07, 6.45) is 0. The van der Waals surface area contributed by atoms with Gasteiger partial charge in [0.15, 0.2) is 11.5 Å². The zero-order valence-corrected chi connectivity index (χ0v) is 39.7. The monoisotopic (exact) mass is 909 g/mol. The first-order chi connectivity index (χ1) is 30.7. The molecular formula is C47H63N3O15. The van der Waals surface area contributed by atoms with Crippen LogP contribution >= 0.6 is 0 Å². The quantitative estimate of drug-likeness (QED) is 0.0632. The Kier molecular flexibility index (Phi) is 19.7. The average molecular weight is 910 g/mol. The molecule has 3 amide bonds. The maximum absolute atomic E-state index is 14.5. The van der Waals surface area contributed by atoms with Gasteiger partial charge in [0.05, 0.1) is 84.5 Å². The van der Waals surface area contributed by atoms with Crippen molar-refractivity contribution in [2.24, 2.45) is 23.7 Å². The third kappa shape index (κ3) is 14.1. The van der Waals surface area contributed by atoms with Crippen molar-refractivity contribution >= 4 is 47.0 Å². The second-order valence-electron chi connectivity index (χ2n) is 16.5. The molecule has 3 rings (SSSR count). The lowest BCUT2D eigenvalue weighted by Crippen LogP contribution is -2.39. The van der Waals surface area contributed by atoms with Gasteiger partial charge in [0.2, 0.25) is 0 Å². The fourth-order valence-electron chi connectivity index (χ4n) is 5.87. The second kappa shape index (κ2) is 24.4. The van der Waals surface area contributed by atoms with Crippen LogP contribution in [0, 0.1) is 23.7 Å². The lowest BCUT2D eigenvalue weighted by atomic mass is 10.0. The summed E-state index contributed by atoms with van der Waals surface area (Å²) in [5.41, 5.74) is -1.09. The number of nitrogens with one attached hydrogen (secondary N) is 3. The predicted octanol–water partition coefficient (Wildman–Crippen LogP) is 7.21. The van der Waals surface area contributed by atoms with Crippen molar-refractivity contribution in [3.63, 3.8) is 0 Å². The lowest BCUT2D eigenvalue weighted by Gasteiger charge is -2.23.